The third kappa shape index (κ3) is 2.92. The Kier molecular flexibility index (Phi) is 3.70. The van der Waals surface area contributed by atoms with Crippen LogP contribution in [-0.4, -0.2) is 30.6 Å². The molecule has 24 heavy (non-hydrogen) atoms. The summed E-state index contributed by atoms with van der Waals surface area (Å²) in [5.41, 5.74) is 1.26. The van der Waals surface area contributed by atoms with Crippen LogP contribution >= 0.6 is 0 Å². The van der Waals surface area contributed by atoms with Gasteiger partial charge in [0.05, 0.1) is 11.2 Å². The summed E-state index contributed by atoms with van der Waals surface area (Å²) in [6, 6.07) is 3.10. The number of aryl methyl sites for hydroxylation is 1. The van der Waals surface area contributed by atoms with Crippen molar-refractivity contribution in [1.29, 1.82) is 0 Å². The molecule has 0 aromatic carbocycles. The molecule has 0 atom stereocenters. The number of fused-ring (bicyclic) bond motifs is 1. The molecule has 124 valence electrons. The van der Waals surface area contributed by atoms with Gasteiger partial charge in [-0.3, -0.25) is 4.79 Å². The fourth-order valence-electron chi connectivity index (χ4n) is 2.26. The summed E-state index contributed by atoms with van der Waals surface area (Å²) >= 11 is 0. The number of nitrogens with one attached hydrogen (secondary N) is 1. The van der Waals surface area contributed by atoms with Crippen molar-refractivity contribution in [2.45, 2.75) is 26.7 Å². The Labute approximate surface area is 135 Å². The minimum Gasteiger partial charge on any atom is -0.311 e. The molecule has 3 rings (SSSR count). The Hall–Kier alpha value is -2.97. The van der Waals surface area contributed by atoms with E-state index >= 15 is 0 Å². The lowest BCUT2D eigenvalue weighted by Crippen LogP contribution is -2.14. The quantitative estimate of drug-likeness (QED) is 0.797. The molecule has 9 heteroatoms. The highest BCUT2D eigenvalue weighted by molar-refractivity contribution is 5.91. The van der Waals surface area contributed by atoms with Crippen molar-refractivity contribution in [3.8, 4) is 5.82 Å². The van der Waals surface area contributed by atoms with Gasteiger partial charge in [-0.25, -0.2) is 19.6 Å². The molecule has 0 spiro atoms. The Morgan fingerprint density at radius 3 is 2.75 bits per heavy atom. The molecule has 3 heterocycles. The molecule has 7 nitrogen and oxygen atoms in total. The van der Waals surface area contributed by atoms with E-state index < -0.39 is 11.7 Å². The molecule has 0 aliphatic carbocycles. The Morgan fingerprint density at radius 2 is 2.08 bits per heavy atom. The van der Waals surface area contributed by atoms with Crippen LogP contribution in [0.3, 0.4) is 0 Å². The van der Waals surface area contributed by atoms with Crippen LogP contribution < -0.4 is 5.32 Å². The number of hydrogen-bond acceptors (Lipinski definition) is 5. The van der Waals surface area contributed by atoms with Gasteiger partial charge in [0.25, 0.3) is 0 Å². The first-order valence-corrected chi connectivity index (χ1v) is 7.10. The topological polar surface area (TPSA) is 85.6 Å². The molecule has 0 unspecified atom stereocenters. The molecule has 3 aromatic heterocycles. The zero-order valence-electron chi connectivity index (χ0n) is 13.2. The number of anilines is 1. The lowest BCUT2D eigenvalue weighted by molar-refractivity contribution is -0.114. The van der Waals surface area contributed by atoms with Crippen LogP contribution in [0.2, 0.25) is 0 Å². The molecule has 0 radical (unpaired) electrons. The summed E-state index contributed by atoms with van der Waals surface area (Å²) in [5, 5.41) is 7.64. The normalized spacial score (nSPS) is 11.7. The first-order chi connectivity index (χ1) is 11.3. The van der Waals surface area contributed by atoms with Crippen molar-refractivity contribution in [2.75, 3.05) is 5.32 Å². The number of amides is 1. The van der Waals surface area contributed by atoms with E-state index in [1.165, 1.54) is 23.9 Å². The van der Waals surface area contributed by atoms with E-state index in [2.05, 4.69) is 25.4 Å². The van der Waals surface area contributed by atoms with Gasteiger partial charge in [-0.05, 0) is 6.92 Å². The molecule has 0 aliphatic heterocycles. The molecule has 3 aromatic rings. The third-order valence-corrected chi connectivity index (χ3v) is 3.30. The summed E-state index contributed by atoms with van der Waals surface area (Å²) in [6.07, 6.45) is 2.82. The van der Waals surface area contributed by atoms with Crippen LogP contribution in [-0.2, 0) is 10.7 Å². The van der Waals surface area contributed by atoms with E-state index in [9.17, 15) is 13.6 Å². The smallest absolute Gasteiger partial charge is 0.303 e. The van der Waals surface area contributed by atoms with Crippen LogP contribution in [0, 0.1) is 6.92 Å². The van der Waals surface area contributed by atoms with Gasteiger partial charge >= 0.3 is 5.92 Å². The van der Waals surface area contributed by atoms with Gasteiger partial charge in [0.1, 0.15) is 5.82 Å². The van der Waals surface area contributed by atoms with E-state index in [1.54, 1.807) is 19.2 Å². The van der Waals surface area contributed by atoms with Crippen molar-refractivity contribution >= 4 is 22.6 Å². The molecule has 1 amide bonds. The number of nitrogens with zero attached hydrogens (tertiary/aromatic N) is 5. The summed E-state index contributed by atoms with van der Waals surface area (Å²) in [6.45, 7) is 3.88. The van der Waals surface area contributed by atoms with E-state index in [0.29, 0.717) is 17.0 Å². The molecule has 0 bridgehead atoms. The van der Waals surface area contributed by atoms with Crippen molar-refractivity contribution in [3.63, 3.8) is 0 Å². The fourth-order valence-corrected chi connectivity index (χ4v) is 2.26. The number of carbonyl (C=O) groups excluding carboxylic acids is 1. The number of hydrogen-bond donors (Lipinski definition) is 1. The Balaban J connectivity index is 2.17. The largest absolute Gasteiger partial charge is 0.311 e. The Bertz CT molecular complexity index is 931. The van der Waals surface area contributed by atoms with Gasteiger partial charge < -0.3 is 5.32 Å². The van der Waals surface area contributed by atoms with E-state index in [0.717, 1.165) is 12.3 Å². The van der Waals surface area contributed by atoms with Crippen LogP contribution in [0.1, 0.15) is 25.4 Å². The SMILES string of the molecule is CC(=O)Nc1cc2c(cn1)c(C)nn2-c1ccnc(C(C)(F)F)n1. The maximum absolute atomic E-state index is 13.5. The maximum atomic E-state index is 13.5. The average Bonchev–Trinajstić information content (AvgIpc) is 2.83. The van der Waals surface area contributed by atoms with Crippen LogP contribution in [0.4, 0.5) is 14.6 Å². The van der Waals surface area contributed by atoms with Gasteiger partial charge in [0.2, 0.25) is 11.7 Å². The number of carbonyl (C=O) groups is 1. The van der Waals surface area contributed by atoms with Crippen molar-refractivity contribution < 1.29 is 13.6 Å². The van der Waals surface area contributed by atoms with Gasteiger partial charge in [0.15, 0.2) is 5.82 Å². The highest BCUT2D eigenvalue weighted by Crippen LogP contribution is 2.26. The molecular weight excluding hydrogens is 318 g/mol. The molecule has 0 saturated carbocycles. The summed E-state index contributed by atoms with van der Waals surface area (Å²) in [5.74, 6) is -3.46. The van der Waals surface area contributed by atoms with Gasteiger partial charge in [-0.15, -0.1) is 0 Å². The summed E-state index contributed by atoms with van der Waals surface area (Å²) in [7, 11) is 0. The van der Waals surface area contributed by atoms with Crippen LogP contribution in [0.25, 0.3) is 16.7 Å². The zero-order chi connectivity index (χ0) is 17.5. The third-order valence-electron chi connectivity index (χ3n) is 3.30. The maximum Gasteiger partial charge on any atom is 0.303 e. The predicted octanol–water partition coefficient (Wildman–Crippen LogP) is 2.59. The number of alkyl halides is 2. The van der Waals surface area contributed by atoms with Gasteiger partial charge in [-0.2, -0.15) is 13.9 Å². The van der Waals surface area contributed by atoms with Crippen LogP contribution in [0.5, 0.6) is 0 Å². The lowest BCUT2D eigenvalue weighted by Gasteiger charge is -2.10. The number of halogens is 2. The fraction of sp³-hybridized carbons (Fsp3) is 0.267. The molecule has 1 N–H and O–H groups in total. The van der Waals surface area contributed by atoms with E-state index in [1.807, 2.05) is 0 Å². The second-order valence-corrected chi connectivity index (χ2v) is 5.39. The molecular formula is C15H14F2N6O. The van der Waals surface area contributed by atoms with Gasteiger partial charge in [0, 0.05) is 43.8 Å². The van der Waals surface area contributed by atoms with Crippen molar-refractivity contribution in [2.24, 2.45) is 0 Å². The minimum atomic E-state index is -3.16. The lowest BCUT2D eigenvalue weighted by atomic mass is 10.2. The monoisotopic (exact) mass is 332 g/mol. The predicted molar refractivity (Wildman–Crippen MR) is 83.1 cm³/mol. The van der Waals surface area contributed by atoms with E-state index in [-0.39, 0.29) is 11.7 Å². The van der Waals surface area contributed by atoms with Gasteiger partial charge in [-0.1, -0.05) is 0 Å². The first-order valence-electron chi connectivity index (χ1n) is 7.10. The molecule has 0 fully saturated rings. The first kappa shape index (κ1) is 15.9. The Morgan fingerprint density at radius 1 is 1.33 bits per heavy atom. The second kappa shape index (κ2) is 5.59. The second-order valence-electron chi connectivity index (χ2n) is 5.39. The standard InChI is InChI=1S/C15H14F2N6O/c1-8-10-7-19-12(20-9(2)24)6-11(10)23(22-8)13-4-5-18-14(21-13)15(3,16)17/h4-7H,1-3H3,(H,19,20,24). The number of pyridine rings is 1. The number of rotatable bonds is 3. The highest BCUT2D eigenvalue weighted by Gasteiger charge is 2.28. The number of aromatic nitrogens is 5. The zero-order valence-corrected chi connectivity index (χ0v) is 13.2. The molecule has 0 saturated heterocycles. The minimum absolute atomic E-state index is 0.208. The van der Waals surface area contributed by atoms with Crippen LogP contribution in [0.15, 0.2) is 24.5 Å². The van der Waals surface area contributed by atoms with Crippen molar-refractivity contribution in [3.05, 3.63) is 36.0 Å². The highest BCUT2D eigenvalue weighted by atomic mass is 19.3. The van der Waals surface area contributed by atoms with E-state index in [4.69, 9.17) is 0 Å². The van der Waals surface area contributed by atoms with Crippen molar-refractivity contribution in [1.82, 2.24) is 24.7 Å². The summed E-state index contributed by atoms with van der Waals surface area (Å²) in [4.78, 5) is 22.8. The average molecular weight is 332 g/mol. The summed E-state index contributed by atoms with van der Waals surface area (Å²) < 4.78 is 28.4. The molecule has 0 aliphatic rings.